The second kappa shape index (κ2) is 2.79. The molecule has 0 spiro atoms. The molecule has 0 heterocycles. The number of rotatable bonds is 1. The van der Waals surface area contributed by atoms with Crippen LogP contribution in [-0.4, -0.2) is 7.05 Å². The van der Waals surface area contributed by atoms with E-state index in [-0.39, 0.29) is 6.04 Å². The summed E-state index contributed by atoms with van der Waals surface area (Å²) in [7, 11) is 1.94. The highest BCUT2D eigenvalue weighted by molar-refractivity contribution is 5.50. The van der Waals surface area contributed by atoms with Crippen molar-refractivity contribution in [3.05, 3.63) is 29.3 Å². The summed E-state index contributed by atoms with van der Waals surface area (Å²) in [5.41, 5.74) is 9.84. The Morgan fingerprint density at radius 1 is 1.50 bits per heavy atom. The Bertz CT molecular complexity index is 294. The zero-order valence-electron chi connectivity index (χ0n) is 7.30. The number of nitrogens with two attached hydrogens (primary N) is 1. The number of nitrogens with one attached hydrogen (secondary N) is 1. The predicted octanol–water partition coefficient (Wildman–Crippen LogP) is 1.67. The molecule has 1 unspecified atom stereocenters. The maximum atomic E-state index is 5.92. The van der Waals surface area contributed by atoms with Crippen molar-refractivity contribution in [3.8, 4) is 0 Å². The van der Waals surface area contributed by atoms with Gasteiger partial charge >= 0.3 is 0 Å². The molecule has 1 aromatic carbocycles. The van der Waals surface area contributed by atoms with Crippen LogP contribution in [0, 0.1) is 0 Å². The highest BCUT2D eigenvalue weighted by Gasteiger charge is 2.18. The average molecular weight is 162 g/mol. The van der Waals surface area contributed by atoms with Gasteiger partial charge < -0.3 is 11.1 Å². The fourth-order valence-corrected chi connectivity index (χ4v) is 1.81. The van der Waals surface area contributed by atoms with Gasteiger partial charge in [-0.1, -0.05) is 6.07 Å². The van der Waals surface area contributed by atoms with E-state index >= 15 is 0 Å². The molecule has 2 heteroatoms. The molecule has 0 amide bonds. The van der Waals surface area contributed by atoms with E-state index < -0.39 is 0 Å². The van der Waals surface area contributed by atoms with Crippen molar-refractivity contribution in [2.45, 2.75) is 18.9 Å². The van der Waals surface area contributed by atoms with Crippen LogP contribution in [0.4, 0.5) is 5.69 Å². The maximum Gasteiger partial charge on any atom is 0.0340 e. The van der Waals surface area contributed by atoms with E-state index in [2.05, 4.69) is 23.5 Å². The quantitative estimate of drug-likeness (QED) is 0.659. The number of fused-ring (bicyclic) bond motifs is 1. The highest BCUT2D eigenvalue weighted by atomic mass is 14.8. The normalized spacial score (nSPS) is 20.7. The van der Waals surface area contributed by atoms with Crippen molar-refractivity contribution in [1.82, 2.24) is 0 Å². The number of hydrogen-bond donors (Lipinski definition) is 2. The van der Waals surface area contributed by atoms with Crippen LogP contribution >= 0.6 is 0 Å². The summed E-state index contributed by atoms with van der Waals surface area (Å²) in [6.07, 6.45) is 2.23. The zero-order chi connectivity index (χ0) is 8.55. The van der Waals surface area contributed by atoms with E-state index in [1.165, 1.54) is 16.8 Å². The average Bonchev–Trinajstić information content (AvgIpc) is 2.47. The van der Waals surface area contributed by atoms with Gasteiger partial charge in [-0.3, -0.25) is 0 Å². The first-order valence-electron chi connectivity index (χ1n) is 4.37. The third-order valence-corrected chi connectivity index (χ3v) is 2.56. The maximum absolute atomic E-state index is 5.92. The Labute approximate surface area is 72.8 Å². The molecule has 12 heavy (non-hydrogen) atoms. The molecule has 0 aliphatic heterocycles. The SMILES string of the molecule is CNc1ccc2c(c1)CCC2N. The first kappa shape index (κ1) is 7.62. The van der Waals surface area contributed by atoms with Gasteiger partial charge in [-0.2, -0.15) is 0 Å². The molecular formula is C10H14N2. The summed E-state index contributed by atoms with van der Waals surface area (Å²) in [6.45, 7) is 0. The minimum Gasteiger partial charge on any atom is -0.388 e. The first-order valence-corrected chi connectivity index (χ1v) is 4.37. The van der Waals surface area contributed by atoms with E-state index in [9.17, 15) is 0 Å². The summed E-state index contributed by atoms with van der Waals surface area (Å²) in [5.74, 6) is 0. The molecule has 0 bridgehead atoms. The minimum atomic E-state index is 0.269. The van der Waals surface area contributed by atoms with Gasteiger partial charge in [-0.25, -0.2) is 0 Å². The smallest absolute Gasteiger partial charge is 0.0340 e. The Morgan fingerprint density at radius 2 is 2.33 bits per heavy atom. The molecule has 2 rings (SSSR count). The van der Waals surface area contributed by atoms with Crippen molar-refractivity contribution >= 4 is 5.69 Å². The number of benzene rings is 1. The van der Waals surface area contributed by atoms with Gasteiger partial charge in [-0.15, -0.1) is 0 Å². The van der Waals surface area contributed by atoms with Crippen LogP contribution in [0.2, 0.25) is 0 Å². The zero-order valence-corrected chi connectivity index (χ0v) is 7.30. The molecule has 0 saturated heterocycles. The largest absolute Gasteiger partial charge is 0.388 e. The molecule has 1 atom stereocenters. The van der Waals surface area contributed by atoms with Crippen LogP contribution in [0.25, 0.3) is 0 Å². The van der Waals surface area contributed by atoms with E-state index in [0.29, 0.717) is 0 Å². The van der Waals surface area contributed by atoms with E-state index in [4.69, 9.17) is 5.73 Å². The minimum absolute atomic E-state index is 0.269. The molecule has 0 saturated carbocycles. The first-order chi connectivity index (χ1) is 5.81. The van der Waals surface area contributed by atoms with E-state index in [0.717, 1.165) is 12.8 Å². The molecule has 1 aliphatic carbocycles. The topological polar surface area (TPSA) is 38.0 Å². The van der Waals surface area contributed by atoms with Crippen LogP contribution in [0.5, 0.6) is 0 Å². The summed E-state index contributed by atoms with van der Waals surface area (Å²) in [5, 5.41) is 3.13. The molecule has 0 radical (unpaired) electrons. The molecule has 3 N–H and O–H groups in total. The van der Waals surface area contributed by atoms with Crippen LogP contribution in [0.1, 0.15) is 23.6 Å². The monoisotopic (exact) mass is 162 g/mol. The van der Waals surface area contributed by atoms with Crippen LogP contribution in [0.15, 0.2) is 18.2 Å². The molecular weight excluding hydrogens is 148 g/mol. The van der Waals surface area contributed by atoms with Crippen molar-refractivity contribution in [2.75, 3.05) is 12.4 Å². The summed E-state index contributed by atoms with van der Waals surface area (Å²) in [6, 6.07) is 6.69. The lowest BCUT2D eigenvalue weighted by atomic mass is 10.1. The Morgan fingerprint density at radius 3 is 3.08 bits per heavy atom. The van der Waals surface area contributed by atoms with Crippen molar-refractivity contribution in [3.63, 3.8) is 0 Å². The molecule has 0 fully saturated rings. The molecule has 0 aromatic heterocycles. The Kier molecular flexibility index (Phi) is 1.77. The second-order valence-corrected chi connectivity index (χ2v) is 3.31. The summed E-state index contributed by atoms with van der Waals surface area (Å²) in [4.78, 5) is 0. The molecule has 64 valence electrons. The Balaban J connectivity index is 2.41. The predicted molar refractivity (Wildman–Crippen MR) is 51.2 cm³/mol. The van der Waals surface area contributed by atoms with Crippen LogP contribution in [0.3, 0.4) is 0 Å². The fraction of sp³-hybridized carbons (Fsp3) is 0.400. The molecule has 2 nitrogen and oxygen atoms in total. The lowest BCUT2D eigenvalue weighted by molar-refractivity contribution is 0.713. The van der Waals surface area contributed by atoms with Crippen LogP contribution < -0.4 is 11.1 Å². The van der Waals surface area contributed by atoms with Gasteiger partial charge in [-0.05, 0) is 36.1 Å². The van der Waals surface area contributed by atoms with Gasteiger partial charge in [0.15, 0.2) is 0 Å². The second-order valence-electron chi connectivity index (χ2n) is 3.31. The fourth-order valence-electron chi connectivity index (χ4n) is 1.81. The van der Waals surface area contributed by atoms with Gasteiger partial charge in [0, 0.05) is 18.8 Å². The number of aryl methyl sites for hydroxylation is 1. The number of anilines is 1. The standard InChI is InChI=1S/C10H14N2/c1-12-8-3-4-9-7(6-8)2-5-10(9)11/h3-4,6,10,12H,2,5,11H2,1H3. The third-order valence-electron chi connectivity index (χ3n) is 2.56. The molecule has 1 aliphatic rings. The summed E-state index contributed by atoms with van der Waals surface area (Å²) < 4.78 is 0. The van der Waals surface area contributed by atoms with Gasteiger partial charge in [0.05, 0.1) is 0 Å². The van der Waals surface area contributed by atoms with Crippen molar-refractivity contribution < 1.29 is 0 Å². The highest BCUT2D eigenvalue weighted by Crippen LogP contribution is 2.30. The van der Waals surface area contributed by atoms with Crippen molar-refractivity contribution in [1.29, 1.82) is 0 Å². The lowest BCUT2D eigenvalue weighted by Crippen LogP contribution is -2.04. The lowest BCUT2D eigenvalue weighted by Gasteiger charge is -2.06. The third kappa shape index (κ3) is 1.08. The van der Waals surface area contributed by atoms with E-state index in [1.54, 1.807) is 0 Å². The van der Waals surface area contributed by atoms with E-state index in [1.807, 2.05) is 7.05 Å². The van der Waals surface area contributed by atoms with Gasteiger partial charge in [0.25, 0.3) is 0 Å². The summed E-state index contributed by atoms with van der Waals surface area (Å²) >= 11 is 0. The molecule has 1 aromatic rings. The van der Waals surface area contributed by atoms with Crippen molar-refractivity contribution in [2.24, 2.45) is 5.73 Å². The van der Waals surface area contributed by atoms with Gasteiger partial charge in [0.2, 0.25) is 0 Å². The Hall–Kier alpha value is -1.02. The van der Waals surface area contributed by atoms with Crippen LogP contribution in [-0.2, 0) is 6.42 Å². The van der Waals surface area contributed by atoms with Gasteiger partial charge in [0.1, 0.15) is 0 Å². The number of hydrogen-bond acceptors (Lipinski definition) is 2.